The first-order valence-electron chi connectivity index (χ1n) is 6.53. The van der Waals surface area contributed by atoms with Crippen LogP contribution in [0.3, 0.4) is 0 Å². The molecule has 0 amide bonds. The van der Waals surface area contributed by atoms with Crippen LogP contribution in [0, 0.1) is 6.92 Å². The molecule has 20 heavy (non-hydrogen) atoms. The molecule has 0 N–H and O–H groups in total. The summed E-state index contributed by atoms with van der Waals surface area (Å²) in [5.41, 5.74) is 0.655. The van der Waals surface area contributed by atoms with Crippen LogP contribution in [0.5, 0.6) is 0 Å². The zero-order chi connectivity index (χ0) is 15.3. The fourth-order valence-corrected chi connectivity index (χ4v) is 3.66. The van der Waals surface area contributed by atoms with Crippen LogP contribution in [0.4, 0.5) is 0 Å². The van der Waals surface area contributed by atoms with E-state index in [4.69, 9.17) is 4.74 Å². The molecule has 0 radical (unpaired) electrons. The van der Waals surface area contributed by atoms with Gasteiger partial charge in [-0.3, -0.25) is 4.79 Å². The van der Waals surface area contributed by atoms with E-state index in [9.17, 15) is 13.2 Å². The lowest BCUT2D eigenvalue weighted by Crippen LogP contribution is -2.41. The van der Waals surface area contributed by atoms with E-state index in [1.165, 1.54) is 0 Å². The Labute approximate surface area is 120 Å². The number of hydrogen-bond acceptors (Lipinski definition) is 4. The van der Waals surface area contributed by atoms with Crippen LogP contribution in [-0.4, -0.2) is 37.9 Å². The summed E-state index contributed by atoms with van der Waals surface area (Å²) in [4.78, 5) is 11.8. The van der Waals surface area contributed by atoms with Crippen molar-refractivity contribution in [2.45, 2.75) is 38.6 Å². The molecular weight excluding hydrogens is 278 g/mol. The third kappa shape index (κ3) is 3.80. The van der Waals surface area contributed by atoms with Gasteiger partial charge >= 0.3 is 5.97 Å². The lowest BCUT2D eigenvalue weighted by Gasteiger charge is -2.25. The number of hydrogen-bond donors (Lipinski definition) is 0. The molecule has 0 atom stereocenters. The number of ether oxygens (including phenoxy) is 1. The van der Waals surface area contributed by atoms with E-state index in [-0.39, 0.29) is 24.1 Å². The van der Waals surface area contributed by atoms with E-state index in [1.807, 2.05) is 0 Å². The summed E-state index contributed by atoms with van der Waals surface area (Å²) < 4.78 is 31.3. The number of esters is 1. The summed E-state index contributed by atoms with van der Waals surface area (Å²) in [6.07, 6.45) is 0. The van der Waals surface area contributed by atoms with Crippen molar-refractivity contribution in [1.29, 1.82) is 0 Å². The SMILES string of the molecule is CCOC(=O)CN(C(C)C)S(=O)(=O)c1ccccc1C. The van der Waals surface area contributed by atoms with Crippen LogP contribution < -0.4 is 0 Å². The van der Waals surface area contributed by atoms with Crippen molar-refractivity contribution >= 4 is 16.0 Å². The number of nitrogens with zero attached hydrogens (tertiary/aromatic N) is 1. The zero-order valence-electron chi connectivity index (χ0n) is 12.3. The Kier molecular flexibility index (Phi) is 5.71. The molecule has 0 fully saturated rings. The highest BCUT2D eigenvalue weighted by molar-refractivity contribution is 7.89. The Bertz CT molecular complexity index is 566. The lowest BCUT2D eigenvalue weighted by atomic mass is 10.2. The molecule has 112 valence electrons. The molecule has 5 nitrogen and oxygen atoms in total. The minimum atomic E-state index is -3.71. The van der Waals surface area contributed by atoms with Crippen molar-refractivity contribution in [3.8, 4) is 0 Å². The Morgan fingerprint density at radius 3 is 2.40 bits per heavy atom. The maximum atomic E-state index is 12.7. The smallest absolute Gasteiger partial charge is 0.321 e. The average Bonchev–Trinajstić information content (AvgIpc) is 2.36. The van der Waals surface area contributed by atoms with Gasteiger partial charge in [0.1, 0.15) is 6.54 Å². The van der Waals surface area contributed by atoms with Gasteiger partial charge in [0.2, 0.25) is 10.0 Å². The number of carbonyl (C=O) groups excluding carboxylic acids is 1. The van der Waals surface area contributed by atoms with E-state index in [1.54, 1.807) is 52.0 Å². The van der Waals surface area contributed by atoms with E-state index >= 15 is 0 Å². The molecule has 0 unspecified atom stereocenters. The highest BCUT2D eigenvalue weighted by Gasteiger charge is 2.30. The van der Waals surface area contributed by atoms with Crippen molar-refractivity contribution in [3.05, 3.63) is 29.8 Å². The zero-order valence-corrected chi connectivity index (χ0v) is 13.1. The predicted octanol–water partition coefficient (Wildman–Crippen LogP) is 1.96. The van der Waals surface area contributed by atoms with Gasteiger partial charge in [-0.2, -0.15) is 4.31 Å². The maximum Gasteiger partial charge on any atom is 0.321 e. The predicted molar refractivity (Wildman–Crippen MR) is 76.8 cm³/mol. The van der Waals surface area contributed by atoms with Crippen molar-refractivity contribution in [2.75, 3.05) is 13.2 Å². The molecule has 0 bridgehead atoms. The molecule has 0 aliphatic carbocycles. The van der Waals surface area contributed by atoms with Gasteiger partial charge in [0.15, 0.2) is 0 Å². The molecule has 0 saturated heterocycles. The highest BCUT2D eigenvalue weighted by Crippen LogP contribution is 2.21. The second-order valence-electron chi connectivity index (χ2n) is 4.71. The monoisotopic (exact) mass is 299 g/mol. The molecule has 0 saturated carbocycles. The van der Waals surface area contributed by atoms with Crippen LogP contribution in [-0.2, 0) is 19.6 Å². The van der Waals surface area contributed by atoms with Crippen molar-refractivity contribution in [3.63, 3.8) is 0 Å². The van der Waals surface area contributed by atoms with Crippen LogP contribution in [0.25, 0.3) is 0 Å². The van der Waals surface area contributed by atoms with Crippen LogP contribution in [0.1, 0.15) is 26.3 Å². The number of aryl methyl sites for hydroxylation is 1. The van der Waals surface area contributed by atoms with Gasteiger partial charge in [0, 0.05) is 6.04 Å². The van der Waals surface area contributed by atoms with Gasteiger partial charge in [0.05, 0.1) is 11.5 Å². The third-order valence-corrected chi connectivity index (χ3v) is 5.03. The fraction of sp³-hybridized carbons (Fsp3) is 0.500. The summed E-state index contributed by atoms with van der Waals surface area (Å²) in [6, 6.07) is 6.40. The third-order valence-electron chi connectivity index (χ3n) is 2.85. The normalized spacial score (nSPS) is 11.9. The van der Waals surface area contributed by atoms with E-state index in [0.29, 0.717) is 5.56 Å². The van der Waals surface area contributed by atoms with Gasteiger partial charge in [-0.05, 0) is 39.3 Å². The molecule has 1 aromatic rings. The number of sulfonamides is 1. The fourth-order valence-electron chi connectivity index (χ4n) is 1.85. The number of carbonyl (C=O) groups is 1. The first-order chi connectivity index (χ1) is 9.30. The van der Waals surface area contributed by atoms with Crippen LogP contribution in [0.2, 0.25) is 0 Å². The summed E-state index contributed by atoms with van der Waals surface area (Å²) in [5, 5.41) is 0. The van der Waals surface area contributed by atoms with Crippen molar-refractivity contribution in [1.82, 2.24) is 4.31 Å². The second kappa shape index (κ2) is 6.85. The van der Waals surface area contributed by atoms with Gasteiger partial charge in [-0.25, -0.2) is 8.42 Å². The van der Waals surface area contributed by atoms with Gasteiger partial charge in [0.25, 0.3) is 0 Å². The van der Waals surface area contributed by atoms with Crippen molar-refractivity contribution < 1.29 is 17.9 Å². The molecular formula is C14H21NO4S. The van der Waals surface area contributed by atoms with Gasteiger partial charge in [-0.1, -0.05) is 18.2 Å². The molecule has 0 aliphatic rings. The van der Waals surface area contributed by atoms with Gasteiger partial charge < -0.3 is 4.74 Å². The molecule has 1 aromatic carbocycles. The minimum absolute atomic E-state index is 0.220. The quantitative estimate of drug-likeness (QED) is 0.753. The van der Waals surface area contributed by atoms with E-state index in [0.717, 1.165) is 4.31 Å². The molecule has 6 heteroatoms. The maximum absolute atomic E-state index is 12.7. The summed E-state index contributed by atoms with van der Waals surface area (Å²) >= 11 is 0. The number of benzene rings is 1. The molecule has 0 aromatic heterocycles. The Morgan fingerprint density at radius 1 is 1.30 bits per heavy atom. The second-order valence-corrected chi connectivity index (χ2v) is 6.57. The standard InChI is InChI=1S/C14H21NO4S/c1-5-19-14(16)10-15(11(2)3)20(17,18)13-9-7-6-8-12(13)4/h6-9,11H,5,10H2,1-4H3. The number of rotatable bonds is 6. The summed E-state index contributed by atoms with van der Waals surface area (Å²) in [6.45, 7) is 6.84. The topological polar surface area (TPSA) is 63.7 Å². The van der Waals surface area contributed by atoms with E-state index in [2.05, 4.69) is 0 Å². The Morgan fingerprint density at radius 2 is 1.90 bits per heavy atom. The highest BCUT2D eigenvalue weighted by atomic mass is 32.2. The first-order valence-corrected chi connectivity index (χ1v) is 7.97. The average molecular weight is 299 g/mol. The summed E-state index contributed by atoms with van der Waals surface area (Å²) in [7, 11) is -3.71. The molecule has 1 rings (SSSR count). The van der Waals surface area contributed by atoms with Gasteiger partial charge in [-0.15, -0.1) is 0 Å². The lowest BCUT2D eigenvalue weighted by molar-refractivity contribution is -0.143. The largest absolute Gasteiger partial charge is 0.465 e. The minimum Gasteiger partial charge on any atom is -0.465 e. The van der Waals surface area contributed by atoms with Crippen LogP contribution >= 0.6 is 0 Å². The Hall–Kier alpha value is -1.40. The summed E-state index contributed by atoms with van der Waals surface area (Å²) in [5.74, 6) is -0.543. The first kappa shape index (κ1) is 16.7. The Balaban J connectivity index is 3.14. The molecule has 0 heterocycles. The molecule has 0 aliphatic heterocycles. The molecule has 0 spiro atoms. The van der Waals surface area contributed by atoms with E-state index < -0.39 is 16.0 Å². The van der Waals surface area contributed by atoms with Crippen molar-refractivity contribution in [2.24, 2.45) is 0 Å². The van der Waals surface area contributed by atoms with Crippen LogP contribution in [0.15, 0.2) is 29.2 Å².